The summed E-state index contributed by atoms with van der Waals surface area (Å²) >= 11 is 63.5. The molecule has 0 radical (unpaired) electrons. The largest absolute Gasteiger partial charge is 1.00 e. The van der Waals surface area contributed by atoms with Crippen LogP contribution in [-0.2, 0) is 14.0 Å². The minimum Gasteiger partial charge on any atom is -0.857 e. The molecule has 114 heavy (non-hydrogen) atoms. The van der Waals surface area contributed by atoms with Gasteiger partial charge in [-0.25, -0.2) is 75.7 Å². The maximum absolute atomic E-state index is 12.1. The van der Waals surface area contributed by atoms with Crippen molar-refractivity contribution in [3.63, 3.8) is 0 Å². The summed E-state index contributed by atoms with van der Waals surface area (Å²) in [5.41, 5.74) is 11.0. The molecule has 0 bridgehead atoms. The average Bonchev–Trinajstić information content (AvgIpc) is 1.57. The molecule has 0 atom stereocenters. The number of carbonyl (C=O) groups excluding carboxylic acids is 5. The number of rotatable bonds is 16. The summed E-state index contributed by atoms with van der Waals surface area (Å²) < 4.78 is 59.4. The van der Waals surface area contributed by atoms with E-state index < -0.39 is 34.1 Å². The van der Waals surface area contributed by atoms with Crippen molar-refractivity contribution in [2.45, 2.75) is 41.0 Å². The second kappa shape index (κ2) is 61.2. The van der Waals surface area contributed by atoms with Gasteiger partial charge < -0.3 is 73.6 Å². The van der Waals surface area contributed by atoms with E-state index in [1.807, 2.05) is 25.9 Å². The Morgan fingerprint density at radius 2 is 0.781 bits per heavy atom. The van der Waals surface area contributed by atoms with Crippen LogP contribution >= 0.6 is 156 Å². The zero-order valence-corrected chi connectivity index (χ0v) is 74.8. The number of nitrogens with zero attached hydrogens (tertiary/aromatic N) is 21. The first-order valence-electron chi connectivity index (χ1n) is 28.4. The molecule has 0 aliphatic carbocycles. The van der Waals surface area contributed by atoms with Crippen LogP contribution in [0.15, 0.2) is 58.3 Å². The summed E-state index contributed by atoms with van der Waals surface area (Å²) in [6.45, 7) is 6.99. The predicted molar refractivity (Wildman–Crippen MR) is 421 cm³/mol. The fraction of sp³-hybridized carbons (Fsp3) is 0.333. The topological polar surface area (TPSA) is 575 Å². The standard InChI is InChI=1S/C11H16N4O3.C9H10N4O3.C7H4Cl2N4O.C7H9N3O3.C6H15NO2.C5HCl3N2O.C5H3Cl2N3O.C5H2Cl2N2O.CH3O.CH4.Cl3OP.ClH.H3NO.Na/c1-7(15(2)3)14-9(16)8-10(17-4)12-6-13-11(8)18-5;1-5-12-9(16-13-5)6-7(14-2)10-4-11-8(6)15-3;1-3-12-7(14-13-3)4-5(8)10-2-11-6(4)9;1-12-6-4(5(8)11)7(13-2)10-3-9-6;1-6(8-4,9-5)7(2)3;2*6-3-2(5(8)11)4(7)10-1-9-3;6-4-3(1-10)5(7)9-2-8-4;1-2;;1-5(2,3)4;;1-2;/h6H,1-5H3;4H,1-3H3;2H,1H3;3H,1-2H3,(H2,8,11);1-5H3;1H;1H,(H2,8,11);1-2H;1H3;1H4;;1H;2H,1H2;/q;;;;;;;;-1;;;;;+1. The number of hydrogen-bond acceptors (Lipinski definition) is 38. The smallest absolute Gasteiger partial charge is 0.857 e. The zero-order valence-electron chi connectivity index (χ0n) is 62.0. The third-order valence-electron chi connectivity index (χ3n) is 11.5. The van der Waals surface area contributed by atoms with Crippen molar-refractivity contribution >= 4 is 191 Å². The molecule has 9 rings (SSSR count). The number of halogens is 13. The normalized spacial score (nSPS) is 9.85. The molecule has 42 nitrogen and oxygen atoms in total. The van der Waals surface area contributed by atoms with Gasteiger partial charge in [-0.15, -0.1) is 12.4 Å². The average molecular weight is 1900 g/mol. The minimum absolute atomic E-state index is 0. The maximum Gasteiger partial charge on any atom is 1.00 e. The molecule has 9 aromatic heterocycles. The van der Waals surface area contributed by atoms with Crippen LogP contribution in [0.5, 0.6) is 35.3 Å². The molecule has 0 saturated heterocycles. The Labute approximate surface area is 738 Å². The number of aldehydes is 1. The number of aromatic nitrogens is 18. The van der Waals surface area contributed by atoms with Gasteiger partial charge in [0.05, 0.1) is 48.2 Å². The van der Waals surface area contributed by atoms with Crippen molar-refractivity contribution in [3.05, 3.63) is 125 Å². The van der Waals surface area contributed by atoms with E-state index in [9.17, 15) is 28.5 Å². The van der Waals surface area contributed by atoms with Gasteiger partial charge in [-0.2, -0.15) is 22.1 Å². The Hall–Kier alpha value is -7.18. The van der Waals surface area contributed by atoms with Crippen molar-refractivity contribution in [3.8, 4) is 58.2 Å². The molecule has 7 N–H and O–H groups in total. The summed E-state index contributed by atoms with van der Waals surface area (Å²) in [5.74, 6) is 4.22. The van der Waals surface area contributed by atoms with Crippen molar-refractivity contribution in [1.29, 1.82) is 0 Å². The summed E-state index contributed by atoms with van der Waals surface area (Å²) in [7, 11) is 19.9. The zero-order chi connectivity index (χ0) is 85.6. The fourth-order valence-electron chi connectivity index (χ4n) is 6.14. The maximum atomic E-state index is 12.1. The molecule has 57 heteroatoms. The van der Waals surface area contributed by atoms with Gasteiger partial charge in [0.25, 0.3) is 34.7 Å². The molecular weight excluding hydrogens is 1820 g/mol. The molecule has 9 heterocycles. The third-order valence-corrected chi connectivity index (χ3v) is 14.0. The number of aryl methyl sites for hydroxylation is 2. The number of amides is 3. The number of carbonyl (C=O) groups is 5. The van der Waals surface area contributed by atoms with Crippen LogP contribution in [0.2, 0.25) is 41.2 Å². The van der Waals surface area contributed by atoms with E-state index in [2.05, 4.69) is 135 Å². The Bertz CT molecular complexity index is 4280. The van der Waals surface area contributed by atoms with E-state index >= 15 is 0 Å². The second-order valence-corrected chi connectivity index (χ2v) is 28.4. The van der Waals surface area contributed by atoms with Crippen LogP contribution in [0.3, 0.4) is 0 Å². The van der Waals surface area contributed by atoms with Gasteiger partial charge in [0.15, 0.2) is 34.6 Å². The van der Waals surface area contributed by atoms with E-state index in [-0.39, 0.29) is 154 Å². The Balaban J connectivity index is -0.000000392. The molecule has 0 saturated carbocycles. The first kappa shape index (κ1) is 115. The molecule has 0 spiro atoms. The van der Waals surface area contributed by atoms with E-state index in [1.165, 1.54) is 74.3 Å². The number of methoxy groups -OCH3 is 8. The van der Waals surface area contributed by atoms with Gasteiger partial charge in [0.1, 0.15) is 108 Å². The number of primary amides is 2. The van der Waals surface area contributed by atoms with Crippen LogP contribution in [0.4, 0.5) is 0 Å². The molecule has 3 amide bonds. The SMILES string of the molecule is C.COC(C)(OC)N(C)C.COc1ncnc(OC)c1-c1nc(C)no1.COc1ncnc(OC)c1C(=O)N=C(C)N(C)C.COc1ncnc(OC)c1C(N)=O.C[O-].Cc1noc(-c2c(Cl)ncnc2Cl)n1.Cl.NC(=O)c1c(Cl)ncnc1Cl.NO.O=C(Cl)c1c(Cl)ncnc1Cl.O=Cc1c(Cl)ncnc1Cl.O=P(Cl)(Cl)Cl.[Na+]. The summed E-state index contributed by atoms with van der Waals surface area (Å²) in [4.78, 5) is 122. The van der Waals surface area contributed by atoms with Gasteiger partial charge in [-0.3, -0.25) is 33.4 Å². The number of hydrogen-bond donors (Lipinski definition) is 4. The van der Waals surface area contributed by atoms with Crippen molar-refractivity contribution in [1.82, 2.24) is 99.9 Å². The molecule has 0 aliphatic heterocycles. The van der Waals surface area contributed by atoms with Crippen molar-refractivity contribution < 1.29 is 115 Å². The molecule has 624 valence electrons. The van der Waals surface area contributed by atoms with Gasteiger partial charge in [0.2, 0.25) is 41.2 Å². The van der Waals surface area contributed by atoms with E-state index in [4.69, 9.17) is 173 Å². The van der Waals surface area contributed by atoms with Gasteiger partial charge in [-0.05, 0) is 80.2 Å². The number of nitrogens with two attached hydrogens (primary N) is 3. The van der Waals surface area contributed by atoms with E-state index in [1.54, 1.807) is 54.0 Å². The summed E-state index contributed by atoms with van der Waals surface area (Å²) in [5, 5.41) is 18.5. The van der Waals surface area contributed by atoms with Crippen LogP contribution in [0, 0.1) is 13.8 Å². The van der Waals surface area contributed by atoms with E-state index in [0.717, 1.165) is 19.8 Å². The van der Waals surface area contributed by atoms with Crippen LogP contribution in [0.25, 0.3) is 22.9 Å². The number of aliphatic imine (C=N–C) groups is 1. The quantitative estimate of drug-likeness (QED) is 0.00835. The van der Waals surface area contributed by atoms with Crippen LogP contribution < -0.4 is 80.4 Å². The molecule has 0 fully saturated rings. The molecule has 0 aromatic carbocycles. The van der Waals surface area contributed by atoms with Crippen LogP contribution in [0.1, 0.15) is 84.7 Å². The summed E-state index contributed by atoms with van der Waals surface area (Å²) in [6, 6.07) is 0. The van der Waals surface area contributed by atoms with Crippen LogP contribution in [-0.4, -0.2) is 238 Å². The Morgan fingerprint density at radius 1 is 0.509 bits per heavy atom. The van der Waals surface area contributed by atoms with Gasteiger partial charge in [0, 0.05) is 35.2 Å². The molecular formula is C57H71Cl13N24NaO18P. The molecule has 0 unspecified atom stereocenters. The van der Waals surface area contributed by atoms with Crippen molar-refractivity contribution in [2.75, 3.05) is 92.2 Å². The Morgan fingerprint density at radius 3 is 1.00 bits per heavy atom. The number of ether oxygens (including phenoxy) is 8. The van der Waals surface area contributed by atoms with Gasteiger partial charge >= 0.3 is 34.8 Å². The Kier molecular flexibility index (Phi) is 62.0. The minimum atomic E-state index is -3.22. The molecule has 9 aromatic rings. The first-order chi connectivity index (χ1) is 52.2. The van der Waals surface area contributed by atoms with Crippen molar-refractivity contribution in [2.24, 2.45) is 22.4 Å². The molecule has 0 aliphatic rings. The second-order valence-electron chi connectivity index (χ2n) is 18.5. The fourth-order valence-corrected chi connectivity index (χ4v) is 8.29. The van der Waals surface area contributed by atoms with E-state index in [0.29, 0.717) is 46.7 Å². The number of amidine groups is 1. The monoisotopic (exact) mass is 1890 g/mol. The summed E-state index contributed by atoms with van der Waals surface area (Å²) in [6.07, 6.45) is 9.09. The third kappa shape index (κ3) is 40.6. The first-order valence-corrected chi connectivity index (χ1v) is 36.2. The predicted octanol–water partition coefficient (Wildman–Crippen LogP) is 7.54. The van der Waals surface area contributed by atoms with Gasteiger partial charge in [-0.1, -0.05) is 111 Å².